The summed E-state index contributed by atoms with van der Waals surface area (Å²) in [7, 11) is 2.49. The van der Waals surface area contributed by atoms with Crippen LogP contribution in [0.15, 0.2) is 17.9 Å². The van der Waals surface area contributed by atoms with E-state index in [-0.39, 0.29) is 18.3 Å². The lowest BCUT2D eigenvalue weighted by molar-refractivity contribution is -0.168. The fourth-order valence-electron chi connectivity index (χ4n) is 1.64. The Morgan fingerprint density at radius 2 is 1.62 bits per heavy atom. The van der Waals surface area contributed by atoms with E-state index in [0.29, 0.717) is 0 Å². The van der Waals surface area contributed by atoms with Crippen molar-refractivity contribution in [1.82, 2.24) is 0 Å². The number of methoxy groups -OCH3 is 2. The average Bonchev–Trinajstić information content (AvgIpc) is 2.44. The van der Waals surface area contributed by atoms with Crippen LogP contribution in [0.2, 0.25) is 0 Å². The summed E-state index contributed by atoms with van der Waals surface area (Å²) in [6, 6.07) is 0. The van der Waals surface area contributed by atoms with Crippen molar-refractivity contribution in [2.45, 2.75) is 40.5 Å². The van der Waals surface area contributed by atoms with E-state index in [4.69, 9.17) is 9.47 Å². The largest absolute Gasteiger partial charge is 0.468 e. The Balaban J connectivity index is 5.55. The molecular weight excluding hydrogens is 268 g/mol. The number of hydrogen-bond donors (Lipinski definition) is 0. The molecule has 0 aromatic rings. The lowest BCUT2D eigenvalue weighted by Gasteiger charge is -2.24. The summed E-state index contributed by atoms with van der Waals surface area (Å²) < 4.78 is 9.54. The quantitative estimate of drug-likeness (QED) is 0.338. The predicted octanol–water partition coefficient (Wildman–Crippen LogP) is 2.88. The molecule has 0 aromatic heterocycles. The van der Waals surface area contributed by atoms with Crippen molar-refractivity contribution in [3.05, 3.63) is 17.9 Å². The third kappa shape index (κ3) is 5.89. The van der Waals surface area contributed by atoms with E-state index in [9.17, 15) is 9.59 Å². The summed E-state index contributed by atoms with van der Waals surface area (Å²) in [6.07, 6.45) is 3.71. The van der Waals surface area contributed by atoms with Gasteiger partial charge in [-0.15, -0.1) is 17.6 Å². The van der Waals surface area contributed by atoms with Gasteiger partial charge in [-0.2, -0.15) is 0 Å². The van der Waals surface area contributed by atoms with Crippen LogP contribution in [0.1, 0.15) is 40.5 Å². The standard InChI is InChI=1S/C17H24O4/c1-7-8-12-17(14(18)20-5,15(19)21-6)13-10-9-11-16(2,3)4/h10-11H,12-13H2,1-6H3. The molecule has 4 heteroatoms. The van der Waals surface area contributed by atoms with Gasteiger partial charge in [-0.1, -0.05) is 20.8 Å². The molecule has 0 bridgehead atoms. The van der Waals surface area contributed by atoms with Crippen molar-refractivity contribution >= 4 is 11.9 Å². The van der Waals surface area contributed by atoms with Crippen LogP contribution in [0, 0.1) is 22.7 Å². The monoisotopic (exact) mass is 292 g/mol. The Morgan fingerprint density at radius 1 is 1.10 bits per heavy atom. The molecule has 0 aliphatic rings. The summed E-state index contributed by atoms with van der Waals surface area (Å²) in [4.78, 5) is 24.2. The van der Waals surface area contributed by atoms with Gasteiger partial charge in [-0.05, 0) is 24.5 Å². The zero-order chi connectivity index (χ0) is 16.5. The summed E-state index contributed by atoms with van der Waals surface area (Å²) in [6.45, 7) is 7.74. The first-order chi connectivity index (χ1) is 9.73. The van der Waals surface area contributed by atoms with Crippen LogP contribution in [0.4, 0.5) is 0 Å². The molecule has 0 aromatic carbocycles. The first-order valence-corrected chi connectivity index (χ1v) is 6.72. The number of carbonyl (C=O) groups is 2. The minimum Gasteiger partial charge on any atom is -0.468 e. The highest BCUT2D eigenvalue weighted by Crippen LogP contribution is 2.30. The number of ether oxygens (including phenoxy) is 2. The number of carbonyl (C=O) groups excluding carboxylic acids is 2. The molecule has 0 rings (SSSR count). The molecule has 0 heterocycles. The van der Waals surface area contributed by atoms with Gasteiger partial charge in [0, 0.05) is 12.8 Å². The van der Waals surface area contributed by atoms with Crippen molar-refractivity contribution in [3.8, 4) is 11.8 Å². The Morgan fingerprint density at radius 3 is 2.00 bits per heavy atom. The van der Waals surface area contributed by atoms with Crippen LogP contribution >= 0.6 is 0 Å². The summed E-state index contributed by atoms with van der Waals surface area (Å²) in [5.74, 6) is 4.16. The van der Waals surface area contributed by atoms with Crippen molar-refractivity contribution in [3.63, 3.8) is 0 Å². The molecule has 0 N–H and O–H groups in total. The van der Waals surface area contributed by atoms with Crippen LogP contribution in [0.25, 0.3) is 0 Å². The summed E-state index contributed by atoms with van der Waals surface area (Å²) >= 11 is 0. The van der Waals surface area contributed by atoms with Gasteiger partial charge in [-0.25, -0.2) is 0 Å². The third-order valence-electron chi connectivity index (χ3n) is 2.80. The van der Waals surface area contributed by atoms with E-state index in [1.807, 2.05) is 26.8 Å². The zero-order valence-corrected chi connectivity index (χ0v) is 13.7. The fraction of sp³-hybridized carbons (Fsp3) is 0.588. The first-order valence-electron chi connectivity index (χ1n) is 6.72. The molecule has 0 atom stereocenters. The molecule has 116 valence electrons. The van der Waals surface area contributed by atoms with Crippen molar-refractivity contribution in [2.75, 3.05) is 14.2 Å². The van der Waals surface area contributed by atoms with Crippen molar-refractivity contribution < 1.29 is 19.1 Å². The molecule has 0 unspecified atom stereocenters. The van der Waals surface area contributed by atoms with E-state index in [2.05, 4.69) is 17.6 Å². The highest BCUT2D eigenvalue weighted by atomic mass is 16.5. The minimum absolute atomic E-state index is 0.0289. The molecule has 0 aliphatic heterocycles. The Hall–Kier alpha value is -1.98. The molecule has 0 fully saturated rings. The van der Waals surface area contributed by atoms with E-state index in [0.717, 1.165) is 0 Å². The lowest BCUT2D eigenvalue weighted by Crippen LogP contribution is -2.40. The number of hydrogen-bond acceptors (Lipinski definition) is 4. The molecule has 0 saturated carbocycles. The Labute approximate surface area is 127 Å². The van der Waals surface area contributed by atoms with Crippen LogP contribution in [-0.4, -0.2) is 26.2 Å². The van der Waals surface area contributed by atoms with E-state index >= 15 is 0 Å². The smallest absolute Gasteiger partial charge is 0.324 e. The number of allylic oxidation sites excluding steroid dienone is 1. The lowest BCUT2D eigenvalue weighted by atomic mass is 9.81. The highest BCUT2D eigenvalue weighted by molar-refractivity contribution is 6.00. The highest BCUT2D eigenvalue weighted by Gasteiger charge is 2.47. The van der Waals surface area contributed by atoms with Crippen molar-refractivity contribution in [1.29, 1.82) is 0 Å². The molecule has 0 spiro atoms. The van der Waals surface area contributed by atoms with Crippen LogP contribution in [-0.2, 0) is 19.1 Å². The van der Waals surface area contributed by atoms with Crippen LogP contribution in [0.5, 0.6) is 0 Å². The predicted molar refractivity (Wildman–Crippen MR) is 81.3 cm³/mol. The van der Waals surface area contributed by atoms with Gasteiger partial charge in [-0.3, -0.25) is 9.59 Å². The molecule has 0 aliphatic carbocycles. The Kier molecular flexibility index (Phi) is 7.55. The average molecular weight is 292 g/mol. The maximum absolute atomic E-state index is 12.1. The second-order valence-corrected chi connectivity index (χ2v) is 5.75. The van der Waals surface area contributed by atoms with Crippen molar-refractivity contribution in [2.24, 2.45) is 10.8 Å². The molecule has 4 nitrogen and oxygen atoms in total. The molecule has 21 heavy (non-hydrogen) atoms. The van der Waals surface area contributed by atoms with Crippen LogP contribution in [0.3, 0.4) is 0 Å². The van der Waals surface area contributed by atoms with Gasteiger partial charge in [0.25, 0.3) is 0 Å². The molecule has 0 amide bonds. The van der Waals surface area contributed by atoms with Gasteiger partial charge in [0.2, 0.25) is 0 Å². The fourth-order valence-corrected chi connectivity index (χ4v) is 1.64. The minimum atomic E-state index is -1.44. The van der Waals surface area contributed by atoms with Gasteiger partial charge in [0.1, 0.15) is 0 Å². The SMILES string of the molecule is CC#CCC(CC=C=CC(C)(C)C)(C(=O)OC)C(=O)OC. The maximum Gasteiger partial charge on any atom is 0.324 e. The second-order valence-electron chi connectivity index (χ2n) is 5.75. The van der Waals surface area contributed by atoms with E-state index in [1.165, 1.54) is 14.2 Å². The summed E-state index contributed by atoms with van der Waals surface area (Å²) in [5.41, 5.74) is 1.53. The second kappa shape index (κ2) is 8.34. The topological polar surface area (TPSA) is 52.6 Å². The number of esters is 2. The molecular formula is C17H24O4. The Bertz CT molecular complexity index is 475. The van der Waals surface area contributed by atoms with Gasteiger partial charge >= 0.3 is 11.9 Å². The van der Waals surface area contributed by atoms with Crippen LogP contribution < -0.4 is 0 Å². The van der Waals surface area contributed by atoms with E-state index in [1.54, 1.807) is 13.0 Å². The third-order valence-corrected chi connectivity index (χ3v) is 2.80. The van der Waals surface area contributed by atoms with Gasteiger partial charge < -0.3 is 9.47 Å². The zero-order valence-electron chi connectivity index (χ0n) is 13.7. The van der Waals surface area contributed by atoms with Gasteiger partial charge in [0.15, 0.2) is 5.41 Å². The summed E-state index contributed by atoms with van der Waals surface area (Å²) in [5, 5.41) is 0. The molecule has 0 radical (unpaired) electrons. The van der Waals surface area contributed by atoms with E-state index < -0.39 is 17.4 Å². The molecule has 0 saturated heterocycles. The van der Waals surface area contributed by atoms with Gasteiger partial charge in [0.05, 0.1) is 14.2 Å². The first kappa shape index (κ1) is 19.0. The maximum atomic E-state index is 12.1. The number of rotatable bonds is 5. The normalized spacial score (nSPS) is 10.6.